The number of rotatable bonds is 7. The quantitative estimate of drug-likeness (QED) is 0.331. The van der Waals surface area contributed by atoms with Crippen molar-refractivity contribution in [3.63, 3.8) is 0 Å². The monoisotopic (exact) mass is 493 g/mol. The molecule has 0 spiro atoms. The predicted octanol–water partition coefficient (Wildman–Crippen LogP) is 5.78. The molecule has 0 atom stereocenters. The average molecular weight is 494 g/mol. The van der Waals surface area contributed by atoms with Gasteiger partial charge in [-0.3, -0.25) is 14.7 Å². The summed E-state index contributed by atoms with van der Waals surface area (Å²) in [5.74, 6) is -0.0343. The molecular formula is C27H28ClN3O2S. The Hall–Kier alpha value is -2.51. The molecule has 1 aliphatic rings. The number of halogens is 1. The first-order valence-corrected chi connectivity index (χ1v) is 13.0. The van der Waals surface area contributed by atoms with E-state index in [9.17, 15) is 4.79 Å². The van der Waals surface area contributed by atoms with Crippen molar-refractivity contribution in [3.05, 3.63) is 64.1 Å². The van der Waals surface area contributed by atoms with Crippen LogP contribution in [0.25, 0.3) is 32.1 Å². The molecule has 2 aromatic carbocycles. The summed E-state index contributed by atoms with van der Waals surface area (Å²) in [5, 5.41) is 5.79. The van der Waals surface area contributed by atoms with E-state index in [1.165, 1.54) is 16.9 Å². The van der Waals surface area contributed by atoms with Crippen LogP contribution in [0, 0.1) is 0 Å². The maximum absolute atomic E-state index is 13.4. The normalized spacial score (nSPS) is 14.6. The molecule has 2 aromatic heterocycles. The van der Waals surface area contributed by atoms with Crippen molar-refractivity contribution >= 4 is 49.8 Å². The first-order chi connectivity index (χ1) is 16.6. The molecule has 1 amide bonds. The van der Waals surface area contributed by atoms with Crippen LogP contribution in [0.15, 0.2) is 48.7 Å². The summed E-state index contributed by atoms with van der Waals surface area (Å²) in [6, 6.07) is 14.2. The van der Waals surface area contributed by atoms with Crippen LogP contribution < -0.4 is 5.32 Å². The standard InChI is InChI=1S/C27H28ClN3O2S/c1-2-18-4-6-19(7-5-18)24-22-17-30-23-9-8-20(28)16-21(23)25(22)34-26(24)27(32)29-10-3-11-31-12-14-33-15-13-31/h4-9,16-17H,2-3,10-15H2,1H3,(H,29,32). The molecule has 1 aliphatic heterocycles. The number of fused-ring (bicyclic) bond motifs is 3. The molecule has 0 radical (unpaired) electrons. The number of nitrogens with zero attached hydrogens (tertiary/aromatic N) is 2. The minimum absolute atomic E-state index is 0.0343. The fourth-order valence-electron chi connectivity index (χ4n) is 4.47. The summed E-state index contributed by atoms with van der Waals surface area (Å²) in [6.07, 6.45) is 3.78. The second-order valence-electron chi connectivity index (χ2n) is 8.58. The number of thiophene rings is 1. The smallest absolute Gasteiger partial charge is 0.262 e. The zero-order valence-corrected chi connectivity index (χ0v) is 20.8. The van der Waals surface area contributed by atoms with Gasteiger partial charge in [-0.2, -0.15) is 0 Å². The van der Waals surface area contributed by atoms with Crippen LogP contribution in [0.1, 0.15) is 28.6 Å². The lowest BCUT2D eigenvalue weighted by atomic mass is 9.99. The highest BCUT2D eigenvalue weighted by molar-refractivity contribution is 7.22. The van der Waals surface area contributed by atoms with Crippen molar-refractivity contribution in [2.45, 2.75) is 19.8 Å². The van der Waals surface area contributed by atoms with Crippen LogP contribution >= 0.6 is 22.9 Å². The third-order valence-corrected chi connectivity index (χ3v) is 7.85. The zero-order chi connectivity index (χ0) is 23.5. The van der Waals surface area contributed by atoms with Gasteiger partial charge < -0.3 is 10.1 Å². The van der Waals surface area contributed by atoms with E-state index in [0.717, 1.165) is 82.7 Å². The number of benzene rings is 2. The van der Waals surface area contributed by atoms with E-state index in [0.29, 0.717) is 11.6 Å². The minimum Gasteiger partial charge on any atom is -0.379 e. The Kier molecular flexibility index (Phi) is 7.11. The Morgan fingerprint density at radius 2 is 1.94 bits per heavy atom. The van der Waals surface area contributed by atoms with Gasteiger partial charge in [0.2, 0.25) is 0 Å². The minimum atomic E-state index is -0.0343. The number of amides is 1. The molecule has 0 aliphatic carbocycles. The van der Waals surface area contributed by atoms with E-state index in [1.54, 1.807) is 0 Å². The topological polar surface area (TPSA) is 54.5 Å². The number of hydrogen-bond donors (Lipinski definition) is 1. The Morgan fingerprint density at radius 1 is 1.15 bits per heavy atom. The molecule has 1 fully saturated rings. The van der Waals surface area contributed by atoms with Crippen molar-refractivity contribution in [2.75, 3.05) is 39.4 Å². The largest absolute Gasteiger partial charge is 0.379 e. The Morgan fingerprint density at radius 3 is 2.71 bits per heavy atom. The van der Waals surface area contributed by atoms with Gasteiger partial charge in [-0.15, -0.1) is 11.3 Å². The number of carbonyl (C=O) groups is 1. The van der Waals surface area contributed by atoms with Crippen molar-refractivity contribution in [1.29, 1.82) is 0 Å². The van der Waals surface area contributed by atoms with Gasteiger partial charge in [0.25, 0.3) is 5.91 Å². The van der Waals surface area contributed by atoms with Gasteiger partial charge in [-0.25, -0.2) is 0 Å². The molecule has 5 nitrogen and oxygen atoms in total. The molecule has 34 heavy (non-hydrogen) atoms. The van der Waals surface area contributed by atoms with Crippen molar-refractivity contribution in [3.8, 4) is 11.1 Å². The van der Waals surface area contributed by atoms with Gasteiger partial charge in [0.15, 0.2) is 0 Å². The molecule has 0 saturated carbocycles. The SMILES string of the molecule is CCc1ccc(-c2c(C(=O)NCCCN3CCOCC3)sc3c2cnc2ccc(Cl)cc23)cc1. The highest BCUT2D eigenvalue weighted by Gasteiger charge is 2.22. The summed E-state index contributed by atoms with van der Waals surface area (Å²) >= 11 is 7.84. The molecule has 5 rings (SSSR count). The van der Waals surface area contributed by atoms with Gasteiger partial charge in [0.1, 0.15) is 4.88 Å². The molecule has 176 valence electrons. The fourth-order valence-corrected chi connectivity index (χ4v) is 5.88. The number of nitrogens with one attached hydrogen (secondary N) is 1. The molecule has 3 heterocycles. The van der Waals surface area contributed by atoms with E-state index in [4.69, 9.17) is 16.3 Å². The third-order valence-electron chi connectivity index (χ3n) is 6.38. The number of aryl methyl sites for hydroxylation is 1. The fraction of sp³-hybridized carbons (Fsp3) is 0.333. The molecule has 4 aromatic rings. The van der Waals surface area contributed by atoms with Crippen LogP contribution in [0.3, 0.4) is 0 Å². The van der Waals surface area contributed by atoms with Crippen LogP contribution in [-0.4, -0.2) is 55.2 Å². The molecule has 7 heteroatoms. The second kappa shape index (κ2) is 10.4. The number of morpholine rings is 1. The van der Waals surface area contributed by atoms with Crippen molar-refractivity contribution in [1.82, 2.24) is 15.2 Å². The van der Waals surface area contributed by atoms with Crippen LogP contribution in [0.5, 0.6) is 0 Å². The van der Waals surface area contributed by atoms with E-state index < -0.39 is 0 Å². The first kappa shape index (κ1) is 23.2. The Balaban J connectivity index is 1.47. The van der Waals surface area contributed by atoms with E-state index in [-0.39, 0.29) is 5.91 Å². The molecule has 0 bridgehead atoms. The van der Waals surface area contributed by atoms with Gasteiger partial charge in [-0.05, 0) is 48.7 Å². The van der Waals surface area contributed by atoms with Crippen LogP contribution in [0.4, 0.5) is 0 Å². The summed E-state index contributed by atoms with van der Waals surface area (Å²) in [7, 11) is 0. The average Bonchev–Trinajstić information content (AvgIpc) is 3.27. The number of hydrogen-bond acceptors (Lipinski definition) is 5. The molecule has 1 N–H and O–H groups in total. The lowest BCUT2D eigenvalue weighted by molar-refractivity contribution is 0.0374. The van der Waals surface area contributed by atoms with Crippen molar-refractivity contribution < 1.29 is 9.53 Å². The molecular weight excluding hydrogens is 466 g/mol. The van der Waals surface area contributed by atoms with E-state index in [1.807, 2.05) is 24.4 Å². The number of aromatic nitrogens is 1. The number of ether oxygens (including phenoxy) is 1. The maximum atomic E-state index is 13.4. The summed E-state index contributed by atoms with van der Waals surface area (Å²) < 4.78 is 6.46. The lowest BCUT2D eigenvalue weighted by Gasteiger charge is -2.26. The summed E-state index contributed by atoms with van der Waals surface area (Å²) in [5.41, 5.74) is 4.13. The van der Waals surface area contributed by atoms with Gasteiger partial charge >= 0.3 is 0 Å². The van der Waals surface area contributed by atoms with Crippen molar-refractivity contribution in [2.24, 2.45) is 0 Å². The van der Waals surface area contributed by atoms with Gasteiger partial charge in [0, 0.05) is 51.9 Å². The van der Waals surface area contributed by atoms with Gasteiger partial charge in [0.05, 0.1) is 18.7 Å². The Bertz CT molecular complexity index is 1310. The summed E-state index contributed by atoms with van der Waals surface area (Å²) in [4.78, 5) is 21.2. The highest BCUT2D eigenvalue weighted by Crippen LogP contribution is 2.42. The highest BCUT2D eigenvalue weighted by atomic mass is 35.5. The van der Waals surface area contributed by atoms with E-state index >= 15 is 0 Å². The Labute approximate surface area is 208 Å². The predicted molar refractivity (Wildman–Crippen MR) is 141 cm³/mol. The zero-order valence-electron chi connectivity index (χ0n) is 19.3. The summed E-state index contributed by atoms with van der Waals surface area (Å²) in [6.45, 7) is 7.26. The number of carbonyl (C=O) groups excluding carboxylic acids is 1. The first-order valence-electron chi connectivity index (χ1n) is 11.8. The molecule has 1 saturated heterocycles. The maximum Gasteiger partial charge on any atom is 0.262 e. The molecule has 0 unspecified atom stereocenters. The van der Waals surface area contributed by atoms with Crippen LogP contribution in [-0.2, 0) is 11.2 Å². The number of pyridine rings is 1. The lowest BCUT2D eigenvalue weighted by Crippen LogP contribution is -2.38. The van der Waals surface area contributed by atoms with Crippen LogP contribution in [0.2, 0.25) is 5.02 Å². The third kappa shape index (κ3) is 4.82. The second-order valence-corrected chi connectivity index (χ2v) is 10.0. The van der Waals surface area contributed by atoms with Gasteiger partial charge in [-0.1, -0.05) is 42.8 Å². The van der Waals surface area contributed by atoms with E-state index in [2.05, 4.69) is 46.4 Å².